The Morgan fingerprint density at radius 3 is 2.94 bits per heavy atom. The summed E-state index contributed by atoms with van der Waals surface area (Å²) in [5.74, 6) is 2.67. The molecule has 1 fully saturated rings. The molecule has 2 atom stereocenters. The van der Waals surface area contributed by atoms with Gasteiger partial charge in [0.25, 0.3) is 0 Å². The molecule has 3 heteroatoms. The quantitative estimate of drug-likeness (QED) is 0.848. The lowest BCUT2D eigenvalue weighted by Gasteiger charge is -2.16. The number of aromatic nitrogens is 2. The molecule has 0 bridgehead atoms. The molecule has 0 saturated heterocycles. The molecule has 1 aromatic rings. The van der Waals surface area contributed by atoms with Crippen LogP contribution in [0.3, 0.4) is 0 Å². The van der Waals surface area contributed by atoms with Gasteiger partial charge in [0.1, 0.15) is 12.1 Å². The second-order valence-electron chi connectivity index (χ2n) is 5.19. The van der Waals surface area contributed by atoms with E-state index in [1.54, 1.807) is 6.33 Å². The Morgan fingerprint density at radius 1 is 1.35 bits per heavy atom. The monoisotopic (exact) mass is 233 g/mol. The molecule has 0 aliphatic heterocycles. The molecular weight excluding hydrogens is 210 g/mol. The minimum Gasteiger partial charge on any atom is -0.370 e. The van der Waals surface area contributed by atoms with Gasteiger partial charge in [0.15, 0.2) is 0 Å². The summed E-state index contributed by atoms with van der Waals surface area (Å²) < 4.78 is 0. The smallest absolute Gasteiger partial charge is 0.129 e. The first kappa shape index (κ1) is 12.3. The van der Waals surface area contributed by atoms with Gasteiger partial charge in [-0.05, 0) is 24.7 Å². The van der Waals surface area contributed by atoms with E-state index in [-0.39, 0.29) is 0 Å². The van der Waals surface area contributed by atoms with Gasteiger partial charge in [-0.1, -0.05) is 33.1 Å². The highest BCUT2D eigenvalue weighted by Gasteiger charge is 2.22. The maximum Gasteiger partial charge on any atom is 0.129 e. The Bertz CT molecular complexity index is 351. The predicted octanol–water partition coefficient (Wildman–Crippen LogP) is 3.28. The second kappa shape index (κ2) is 5.99. The molecule has 2 unspecified atom stereocenters. The van der Waals surface area contributed by atoms with Crippen molar-refractivity contribution in [2.75, 3.05) is 11.9 Å². The SMILES string of the molecule is CCCc1cc(NCC2CCCC2C)ncn1. The highest BCUT2D eigenvalue weighted by Crippen LogP contribution is 2.31. The van der Waals surface area contributed by atoms with Crippen LogP contribution in [-0.4, -0.2) is 16.5 Å². The van der Waals surface area contributed by atoms with Crippen molar-refractivity contribution in [3.8, 4) is 0 Å². The van der Waals surface area contributed by atoms with Crippen LogP contribution in [0.5, 0.6) is 0 Å². The summed E-state index contributed by atoms with van der Waals surface area (Å²) in [5.41, 5.74) is 1.14. The third kappa shape index (κ3) is 3.42. The first-order valence-corrected chi connectivity index (χ1v) is 6.84. The zero-order valence-electron chi connectivity index (χ0n) is 10.9. The highest BCUT2D eigenvalue weighted by molar-refractivity contribution is 5.34. The van der Waals surface area contributed by atoms with Crippen LogP contribution >= 0.6 is 0 Å². The van der Waals surface area contributed by atoms with Crippen LogP contribution < -0.4 is 5.32 Å². The summed E-state index contributed by atoms with van der Waals surface area (Å²) in [6, 6.07) is 2.09. The third-order valence-electron chi connectivity index (χ3n) is 3.81. The number of hydrogen-bond donors (Lipinski definition) is 1. The van der Waals surface area contributed by atoms with Crippen molar-refractivity contribution in [2.24, 2.45) is 11.8 Å². The van der Waals surface area contributed by atoms with E-state index in [0.29, 0.717) is 0 Å². The topological polar surface area (TPSA) is 37.8 Å². The number of hydrogen-bond acceptors (Lipinski definition) is 3. The molecule has 1 saturated carbocycles. The normalized spacial score (nSPS) is 23.9. The van der Waals surface area contributed by atoms with Crippen molar-refractivity contribution in [2.45, 2.75) is 46.0 Å². The molecular formula is C14H23N3. The average molecular weight is 233 g/mol. The molecule has 1 heterocycles. The Kier molecular flexibility index (Phi) is 4.35. The maximum absolute atomic E-state index is 4.29. The van der Waals surface area contributed by atoms with Gasteiger partial charge in [-0.2, -0.15) is 0 Å². The fourth-order valence-electron chi connectivity index (χ4n) is 2.65. The van der Waals surface area contributed by atoms with E-state index in [4.69, 9.17) is 0 Å². The van der Waals surface area contributed by atoms with Gasteiger partial charge in [0.05, 0.1) is 0 Å². The molecule has 0 spiro atoms. The molecule has 0 amide bonds. The summed E-state index contributed by atoms with van der Waals surface area (Å²) in [6.07, 6.45) is 7.98. The van der Waals surface area contributed by atoms with Crippen molar-refractivity contribution in [3.63, 3.8) is 0 Å². The zero-order valence-corrected chi connectivity index (χ0v) is 10.9. The Hall–Kier alpha value is -1.12. The van der Waals surface area contributed by atoms with Crippen molar-refractivity contribution >= 4 is 5.82 Å². The minimum absolute atomic E-state index is 0.819. The van der Waals surface area contributed by atoms with Crippen molar-refractivity contribution in [1.29, 1.82) is 0 Å². The fourth-order valence-corrected chi connectivity index (χ4v) is 2.65. The van der Waals surface area contributed by atoms with E-state index in [2.05, 4.69) is 35.2 Å². The molecule has 94 valence electrons. The number of rotatable bonds is 5. The summed E-state index contributed by atoms with van der Waals surface area (Å²) in [7, 11) is 0. The lowest BCUT2D eigenvalue weighted by molar-refractivity contribution is 0.439. The van der Waals surface area contributed by atoms with Crippen LogP contribution in [0.4, 0.5) is 5.82 Å². The van der Waals surface area contributed by atoms with Crippen LogP contribution in [-0.2, 0) is 6.42 Å². The second-order valence-corrected chi connectivity index (χ2v) is 5.19. The van der Waals surface area contributed by atoms with Crippen LogP contribution in [0, 0.1) is 11.8 Å². The molecule has 0 aromatic carbocycles. The Labute approximate surface area is 104 Å². The van der Waals surface area contributed by atoms with E-state index in [9.17, 15) is 0 Å². The number of nitrogens with zero attached hydrogens (tertiary/aromatic N) is 2. The Balaban J connectivity index is 1.87. The highest BCUT2D eigenvalue weighted by atomic mass is 15.0. The summed E-state index contributed by atoms with van der Waals surface area (Å²) in [5, 5.41) is 3.46. The average Bonchev–Trinajstić information content (AvgIpc) is 2.73. The number of nitrogens with one attached hydrogen (secondary N) is 1. The van der Waals surface area contributed by atoms with Gasteiger partial charge in [0.2, 0.25) is 0 Å². The van der Waals surface area contributed by atoms with Crippen LogP contribution in [0.1, 0.15) is 45.2 Å². The number of aryl methyl sites for hydroxylation is 1. The molecule has 17 heavy (non-hydrogen) atoms. The lowest BCUT2D eigenvalue weighted by atomic mass is 9.98. The maximum atomic E-state index is 4.29. The van der Waals surface area contributed by atoms with Gasteiger partial charge in [-0.25, -0.2) is 9.97 Å². The van der Waals surface area contributed by atoms with Gasteiger partial charge in [-0.15, -0.1) is 0 Å². The molecule has 1 N–H and O–H groups in total. The van der Waals surface area contributed by atoms with E-state index in [1.807, 2.05) is 0 Å². The molecule has 1 aromatic heterocycles. The number of anilines is 1. The van der Waals surface area contributed by atoms with Gasteiger partial charge in [-0.3, -0.25) is 0 Å². The van der Waals surface area contributed by atoms with Gasteiger partial charge in [0, 0.05) is 18.3 Å². The van der Waals surface area contributed by atoms with Crippen LogP contribution in [0.15, 0.2) is 12.4 Å². The van der Waals surface area contributed by atoms with Gasteiger partial charge < -0.3 is 5.32 Å². The van der Waals surface area contributed by atoms with Crippen molar-refractivity contribution in [1.82, 2.24) is 9.97 Å². The standard InChI is InChI=1S/C14H23N3/c1-3-5-13-8-14(17-10-16-13)15-9-12-7-4-6-11(12)2/h8,10-12H,3-7,9H2,1-2H3,(H,15,16,17). The molecule has 2 rings (SSSR count). The van der Waals surface area contributed by atoms with E-state index < -0.39 is 0 Å². The van der Waals surface area contributed by atoms with E-state index in [0.717, 1.165) is 42.7 Å². The minimum atomic E-state index is 0.819. The third-order valence-corrected chi connectivity index (χ3v) is 3.81. The summed E-state index contributed by atoms with van der Waals surface area (Å²) in [4.78, 5) is 8.56. The largest absolute Gasteiger partial charge is 0.370 e. The molecule has 0 radical (unpaired) electrons. The first-order valence-electron chi connectivity index (χ1n) is 6.84. The van der Waals surface area contributed by atoms with Crippen molar-refractivity contribution < 1.29 is 0 Å². The first-order chi connectivity index (χ1) is 8.29. The van der Waals surface area contributed by atoms with Crippen molar-refractivity contribution in [3.05, 3.63) is 18.1 Å². The predicted molar refractivity (Wildman–Crippen MR) is 71.0 cm³/mol. The van der Waals surface area contributed by atoms with E-state index in [1.165, 1.54) is 19.3 Å². The fraction of sp³-hybridized carbons (Fsp3) is 0.714. The summed E-state index contributed by atoms with van der Waals surface area (Å²) in [6.45, 7) is 5.60. The van der Waals surface area contributed by atoms with Crippen LogP contribution in [0.2, 0.25) is 0 Å². The Morgan fingerprint density at radius 2 is 2.24 bits per heavy atom. The van der Waals surface area contributed by atoms with Gasteiger partial charge >= 0.3 is 0 Å². The molecule has 1 aliphatic carbocycles. The molecule has 3 nitrogen and oxygen atoms in total. The lowest BCUT2D eigenvalue weighted by Crippen LogP contribution is -2.17. The zero-order chi connectivity index (χ0) is 12.1. The summed E-state index contributed by atoms with van der Waals surface area (Å²) >= 11 is 0. The van der Waals surface area contributed by atoms with E-state index >= 15 is 0 Å². The van der Waals surface area contributed by atoms with Crippen LogP contribution in [0.25, 0.3) is 0 Å². The molecule has 1 aliphatic rings.